The molecule has 0 saturated heterocycles. The van der Waals surface area contributed by atoms with Crippen molar-refractivity contribution in [1.82, 2.24) is 0 Å². The van der Waals surface area contributed by atoms with E-state index in [1.807, 2.05) is 0 Å². The molecule has 0 bridgehead atoms. The van der Waals surface area contributed by atoms with Gasteiger partial charge in [-0.1, -0.05) is 18.2 Å². The fourth-order valence-electron chi connectivity index (χ4n) is 1.79. The second-order valence-corrected chi connectivity index (χ2v) is 3.51. The number of rotatable bonds is 3. The number of hydrogen-bond acceptors (Lipinski definition) is 5. The van der Waals surface area contributed by atoms with Crippen molar-refractivity contribution in [2.24, 2.45) is 0 Å². The maximum atomic E-state index is 11.0. The molecule has 0 atom stereocenters. The summed E-state index contributed by atoms with van der Waals surface area (Å²) in [7, 11) is 0. The summed E-state index contributed by atoms with van der Waals surface area (Å²) in [6.07, 6.45) is 0.142. The van der Waals surface area contributed by atoms with Crippen molar-refractivity contribution < 1.29 is 14.6 Å². The van der Waals surface area contributed by atoms with E-state index in [1.165, 1.54) is 12.1 Å². The first-order valence-corrected chi connectivity index (χ1v) is 4.86. The normalized spacial score (nSPS) is 10.2. The van der Waals surface area contributed by atoms with Gasteiger partial charge in [0.2, 0.25) is 0 Å². The summed E-state index contributed by atoms with van der Waals surface area (Å²) >= 11 is 0. The molecule has 18 heavy (non-hydrogen) atoms. The molecular weight excluding hydrogens is 240 g/mol. The van der Waals surface area contributed by atoms with E-state index in [0.29, 0.717) is 5.39 Å². The number of aldehydes is 1. The first-order valence-electron chi connectivity index (χ1n) is 4.86. The number of carbonyl (C=O) groups excluding carboxylic acids is 1. The predicted octanol–water partition coefficient (Wildman–Crippen LogP) is 2.47. The van der Waals surface area contributed by atoms with Crippen LogP contribution >= 0.6 is 0 Å². The molecule has 0 amide bonds. The maximum absolute atomic E-state index is 11.0. The van der Waals surface area contributed by atoms with E-state index in [2.05, 4.69) is 0 Å². The predicted molar refractivity (Wildman–Crippen MR) is 62.6 cm³/mol. The maximum Gasteiger partial charge on any atom is 0.294 e. The van der Waals surface area contributed by atoms with Crippen LogP contribution < -0.4 is 0 Å². The Bertz CT molecular complexity index is 680. The van der Waals surface area contributed by atoms with Gasteiger partial charge in [0.15, 0.2) is 11.8 Å². The number of nitrogens with zero attached hydrogens (tertiary/aromatic N) is 2. The molecular formula is C11H6N2O5. The zero-order valence-corrected chi connectivity index (χ0v) is 8.90. The third-order valence-electron chi connectivity index (χ3n) is 2.54. The minimum atomic E-state index is -0.802. The molecule has 0 spiro atoms. The molecule has 0 aromatic heterocycles. The number of nitro groups is 2. The van der Waals surface area contributed by atoms with Crippen molar-refractivity contribution in [2.75, 3.05) is 0 Å². The van der Waals surface area contributed by atoms with Crippen molar-refractivity contribution in [3.05, 3.63) is 56.1 Å². The van der Waals surface area contributed by atoms with Gasteiger partial charge >= 0.3 is 0 Å². The molecule has 0 unspecified atom stereocenters. The summed E-state index contributed by atoms with van der Waals surface area (Å²) in [5.41, 5.74) is -1.60. The third kappa shape index (κ3) is 1.67. The number of fused-ring (bicyclic) bond motifs is 1. The Labute approximate surface area is 99.9 Å². The Kier molecular flexibility index (Phi) is 2.72. The third-order valence-corrected chi connectivity index (χ3v) is 2.54. The largest absolute Gasteiger partial charge is 0.297 e. The quantitative estimate of drug-likeness (QED) is 0.470. The van der Waals surface area contributed by atoms with Crippen molar-refractivity contribution >= 4 is 28.4 Å². The SMILES string of the molecule is O=Cc1c([N+](=O)[O-])cc2ccccc2c1[N+](=O)[O-]. The van der Waals surface area contributed by atoms with E-state index >= 15 is 0 Å². The summed E-state index contributed by atoms with van der Waals surface area (Å²) in [5, 5.41) is 22.4. The summed E-state index contributed by atoms with van der Waals surface area (Å²) in [6, 6.07) is 7.30. The minimum Gasteiger partial charge on any atom is -0.297 e. The van der Waals surface area contributed by atoms with Gasteiger partial charge in [-0.2, -0.15) is 0 Å². The molecule has 0 N–H and O–H groups in total. The van der Waals surface area contributed by atoms with E-state index in [0.717, 1.165) is 6.07 Å². The lowest BCUT2D eigenvalue weighted by molar-refractivity contribution is -0.393. The highest BCUT2D eigenvalue weighted by molar-refractivity contribution is 6.02. The molecule has 2 rings (SSSR count). The average Bonchev–Trinajstić information content (AvgIpc) is 2.35. The summed E-state index contributed by atoms with van der Waals surface area (Å²) in [5.74, 6) is 0. The summed E-state index contributed by atoms with van der Waals surface area (Å²) in [6.45, 7) is 0. The Morgan fingerprint density at radius 2 is 1.72 bits per heavy atom. The lowest BCUT2D eigenvalue weighted by Crippen LogP contribution is -2.01. The van der Waals surface area contributed by atoms with Crippen LogP contribution in [0.2, 0.25) is 0 Å². The van der Waals surface area contributed by atoms with E-state index < -0.39 is 26.8 Å². The van der Waals surface area contributed by atoms with Crippen molar-refractivity contribution in [3.8, 4) is 0 Å². The summed E-state index contributed by atoms with van der Waals surface area (Å²) in [4.78, 5) is 31.1. The van der Waals surface area contributed by atoms with Gasteiger partial charge in [0.05, 0.1) is 15.2 Å². The molecule has 7 heteroatoms. The van der Waals surface area contributed by atoms with E-state index in [-0.39, 0.29) is 11.7 Å². The minimum absolute atomic E-state index is 0.142. The molecule has 7 nitrogen and oxygen atoms in total. The lowest BCUT2D eigenvalue weighted by atomic mass is 10.0. The van der Waals surface area contributed by atoms with Gasteiger partial charge in [-0.25, -0.2) is 0 Å². The van der Waals surface area contributed by atoms with Gasteiger partial charge in [0.1, 0.15) is 0 Å². The first-order chi connectivity index (χ1) is 8.56. The molecule has 0 saturated carbocycles. The molecule has 0 aliphatic rings. The first kappa shape index (κ1) is 11.6. The molecule has 90 valence electrons. The van der Waals surface area contributed by atoms with Crippen LogP contribution in [-0.4, -0.2) is 16.1 Å². The molecule has 0 heterocycles. The van der Waals surface area contributed by atoms with Crippen molar-refractivity contribution in [1.29, 1.82) is 0 Å². The van der Waals surface area contributed by atoms with Gasteiger partial charge in [-0.15, -0.1) is 0 Å². The number of nitro benzene ring substituents is 2. The van der Waals surface area contributed by atoms with Crippen LogP contribution in [0.3, 0.4) is 0 Å². The van der Waals surface area contributed by atoms with Gasteiger partial charge in [0.25, 0.3) is 11.4 Å². The van der Waals surface area contributed by atoms with Crippen LogP contribution in [0, 0.1) is 20.2 Å². The van der Waals surface area contributed by atoms with Crippen LogP contribution in [-0.2, 0) is 0 Å². The molecule has 2 aromatic carbocycles. The molecule has 2 aromatic rings. The van der Waals surface area contributed by atoms with Crippen LogP contribution in [0.5, 0.6) is 0 Å². The van der Waals surface area contributed by atoms with E-state index in [1.54, 1.807) is 12.1 Å². The second-order valence-electron chi connectivity index (χ2n) is 3.51. The Morgan fingerprint density at radius 3 is 2.28 bits per heavy atom. The molecule has 0 aliphatic carbocycles. The Morgan fingerprint density at radius 1 is 1.06 bits per heavy atom. The van der Waals surface area contributed by atoms with Crippen LogP contribution in [0.1, 0.15) is 10.4 Å². The molecule has 0 aliphatic heterocycles. The van der Waals surface area contributed by atoms with Crippen LogP contribution in [0.25, 0.3) is 10.8 Å². The van der Waals surface area contributed by atoms with E-state index in [4.69, 9.17) is 0 Å². The van der Waals surface area contributed by atoms with Crippen molar-refractivity contribution in [2.45, 2.75) is 0 Å². The smallest absolute Gasteiger partial charge is 0.294 e. The zero-order chi connectivity index (χ0) is 13.3. The van der Waals surface area contributed by atoms with Gasteiger partial charge in [-0.05, 0) is 11.5 Å². The van der Waals surface area contributed by atoms with Gasteiger partial charge in [-0.3, -0.25) is 25.0 Å². The topological polar surface area (TPSA) is 103 Å². The summed E-state index contributed by atoms with van der Waals surface area (Å²) < 4.78 is 0. The molecule has 0 radical (unpaired) electrons. The fraction of sp³-hybridized carbons (Fsp3) is 0. The Balaban J connectivity index is 3.01. The number of carbonyl (C=O) groups is 1. The monoisotopic (exact) mass is 246 g/mol. The fourth-order valence-corrected chi connectivity index (χ4v) is 1.79. The number of hydrogen-bond donors (Lipinski definition) is 0. The highest BCUT2D eigenvalue weighted by atomic mass is 16.6. The van der Waals surface area contributed by atoms with Crippen LogP contribution in [0.4, 0.5) is 11.4 Å². The van der Waals surface area contributed by atoms with Gasteiger partial charge < -0.3 is 0 Å². The Hall–Kier alpha value is -2.83. The highest BCUT2D eigenvalue weighted by Crippen LogP contribution is 2.35. The van der Waals surface area contributed by atoms with E-state index in [9.17, 15) is 25.0 Å². The zero-order valence-electron chi connectivity index (χ0n) is 8.90. The lowest BCUT2D eigenvalue weighted by Gasteiger charge is -2.03. The average molecular weight is 246 g/mol. The molecule has 0 fully saturated rings. The number of benzene rings is 2. The highest BCUT2D eigenvalue weighted by Gasteiger charge is 2.27. The second kappa shape index (κ2) is 4.21. The van der Waals surface area contributed by atoms with Gasteiger partial charge in [0, 0.05) is 6.07 Å². The van der Waals surface area contributed by atoms with Crippen molar-refractivity contribution in [3.63, 3.8) is 0 Å². The van der Waals surface area contributed by atoms with Crippen LogP contribution in [0.15, 0.2) is 30.3 Å². The standard InChI is InChI=1S/C11H6N2O5/c14-6-9-10(12(15)16)5-7-3-1-2-4-8(7)11(9)13(17)18/h1-6H.